The van der Waals surface area contributed by atoms with E-state index in [1.165, 1.54) is 16.7 Å². The van der Waals surface area contributed by atoms with Gasteiger partial charge in [0.1, 0.15) is 0 Å². The van der Waals surface area contributed by atoms with Crippen molar-refractivity contribution in [2.45, 2.75) is 6.92 Å². The third-order valence-corrected chi connectivity index (χ3v) is 8.46. The van der Waals surface area contributed by atoms with Crippen molar-refractivity contribution in [2.75, 3.05) is 0 Å². The molecule has 0 spiro atoms. The van der Waals surface area contributed by atoms with Crippen LogP contribution in [0.25, 0.3) is 67.6 Å². The van der Waals surface area contributed by atoms with Gasteiger partial charge < -0.3 is 0 Å². The van der Waals surface area contributed by atoms with E-state index in [0.717, 1.165) is 44.5 Å². The number of allylic oxidation sites excluding steroid dienone is 5. The maximum atomic E-state index is 4.93. The van der Waals surface area contributed by atoms with Crippen LogP contribution in [0.4, 0.5) is 0 Å². The Bertz CT molecular complexity index is 2230. The van der Waals surface area contributed by atoms with Gasteiger partial charge in [-0.25, -0.2) is 15.0 Å². The molecule has 0 saturated heterocycles. The summed E-state index contributed by atoms with van der Waals surface area (Å²) in [5.74, 6) is 1.94. The molecule has 7 rings (SSSR count). The van der Waals surface area contributed by atoms with Crippen LogP contribution in [0.2, 0.25) is 0 Å². The van der Waals surface area contributed by atoms with E-state index in [2.05, 4.69) is 117 Å². The molecule has 0 unspecified atom stereocenters. The normalized spacial score (nSPS) is 11.5. The van der Waals surface area contributed by atoms with Crippen LogP contribution in [-0.2, 0) is 0 Å². The van der Waals surface area contributed by atoms with Crippen molar-refractivity contribution in [1.29, 1.82) is 0 Å². The maximum Gasteiger partial charge on any atom is 0.164 e. The monoisotopic (exact) mass is 629 g/mol. The van der Waals surface area contributed by atoms with Crippen molar-refractivity contribution in [3.05, 3.63) is 200 Å². The quantitative estimate of drug-likeness (QED) is 0.149. The molecule has 0 aliphatic carbocycles. The second-order valence-corrected chi connectivity index (χ2v) is 11.9. The van der Waals surface area contributed by atoms with Crippen LogP contribution in [-0.4, -0.2) is 15.0 Å². The largest absolute Gasteiger partial charge is 0.208 e. The molecule has 0 atom stereocenters. The number of hydrogen-bond donors (Lipinski definition) is 0. The number of aromatic nitrogens is 3. The van der Waals surface area contributed by atoms with Crippen LogP contribution < -0.4 is 0 Å². The van der Waals surface area contributed by atoms with Gasteiger partial charge in [-0.1, -0.05) is 170 Å². The van der Waals surface area contributed by atoms with Gasteiger partial charge in [0, 0.05) is 16.7 Å². The zero-order chi connectivity index (χ0) is 33.4. The maximum absolute atomic E-state index is 4.93. The number of nitrogens with zero attached hydrogens (tertiary/aromatic N) is 3. The van der Waals surface area contributed by atoms with Crippen LogP contribution in [0.5, 0.6) is 0 Å². The van der Waals surface area contributed by atoms with Crippen molar-refractivity contribution in [3.63, 3.8) is 0 Å². The first-order valence-corrected chi connectivity index (χ1v) is 16.4. The molecule has 1 heterocycles. The highest BCUT2D eigenvalue weighted by Gasteiger charge is 2.13. The van der Waals surface area contributed by atoms with E-state index in [1.54, 1.807) is 0 Å². The summed E-state index contributed by atoms with van der Waals surface area (Å²) < 4.78 is 0. The minimum absolute atomic E-state index is 0.641. The lowest BCUT2D eigenvalue weighted by Gasteiger charge is -2.11. The summed E-state index contributed by atoms with van der Waals surface area (Å²) in [6.07, 6.45) is 6.27. The number of benzene rings is 6. The van der Waals surface area contributed by atoms with Gasteiger partial charge in [-0.15, -0.1) is 0 Å². The van der Waals surface area contributed by atoms with Crippen LogP contribution in [0.1, 0.15) is 18.1 Å². The Morgan fingerprint density at radius 2 is 0.816 bits per heavy atom. The molecular formula is C46H35N3. The van der Waals surface area contributed by atoms with Crippen LogP contribution >= 0.6 is 0 Å². The van der Waals surface area contributed by atoms with Crippen molar-refractivity contribution in [3.8, 4) is 56.4 Å². The molecule has 6 aromatic carbocycles. The minimum Gasteiger partial charge on any atom is -0.208 e. The van der Waals surface area contributed by atoms with Gasteiger partial charge in [-0.3, -0.25) is 0 Å². The smallest absolute Gasteiger partial charge is 0.164 e. The number of rotatable bonds is 9. The highest BCUT2D eigenvalue weighted by Crippen LogP contribution is 2.31. The van der Waals surface area contributed by atoms with Crippen LogP contribution in [0, 0.1) is 0 Å². The summed E-state index contributed by atoms with van der Waals surface area (Å²) in [6, 6.07) is 56.2. The minimum atomic E-state index is 0.641. The molecule has 0 aliphatic heterocycles. The van der Waals surface area contributed by atoms with E-state index >= 15 is 0 Å². The van der Waals surface area contributed by atoms with Gasteiger partial charge >= 0.3 is 0 Å². The summed E-state index contributed by atoms with van der Waals surface area (Å²) in [5, 5.41) is 0. The lowest BCUT2D eigenvalue weighted by Crippen LogP contribution is -2.00. The topological polar surface area (TPSA) is 38.7 Å². The second-order valence-electron chi connectivity index (χ2n) is 11.9. The molecule has 0 bridgehead atoms. The molecule has 49 heavy (non-hydrogen) atoms. The first-order chi connectivity index (χ1) is 24.1. The van der Waals surface area contributed by atoms with Gasteiger partial charge in [-0.05, 0) is 69.6 Å². The molecule has 7 aromatic rings. The Morgan fingerprint density at radius 1 is 0.429 bits per heavy atom. The molecule has 234 valence electrons. The molecule has 0 N–H and O–H groups in total. The molecule has 3 nitrogen and oxygen atoms in total. The van der Waals surface area contributed by atoms with Crippen molar-refractivity contribution in [2.24, 2.45) is 0 Å². The molecule has 0 amide bonds. The summed E-state index contributed by atoms with van der Waals surface area (Å²) in [5.41, 5.74) is 11.9. The predicted octanol–water partition coefficient (Wildman–Crippen LogP) is 11.9. The second kappa shape index (κ2) is 14.5. The molecule has 0 radical (unpaired) electrons. The van der Waals surface area contributed by atoms with Crippen molar-refractivity contribution in [1.82, 2.24) is 15.0 Å². The average Bonchev–Trinajstić information content (AvgIpc) is 3.19. The molecule has 0 saturated carbocycles. The highest BCUT2D eigenvalue weighted by molar-refractivity contribution is 5.79. The average molecular weight is 630 g/mol. The summed E-state index contributed by atoms with van der Waals surface area (Å²) >= 11 is 0. The Balaban J connectivity index is 1.18. The third kappa shape index (κ3) is 7.43. The lowest BCUT2D eigenvalue weighted by molar-refractivity contribution is 1.07. The summed E-state index contributed by atoms with van der Waals surface area (Å²) in [6.45, 7) is 6.35. The SMILES string of the molecule is C=C(/C=C\C=C(/C)c1cccc(-c2cccc(-c3cccc(-c4nc(-c5ccccc5)nc(-c5ccccc5)n4)c3)c2)c1)c1ccccc1. The fourth-order valence-electron chi connectivity index (χ4n) is 5.75. The highest BCUT2D eigenvalue weighted by atomic mass is 15.0. The van der Waals surface area contributed by atoms with Gasteiger partial charge in [0.25, 0.3) is 0 Å². The van der Waals surface area contributed by atoms with E-state index in [-0.39, 0.29) is 0 Å². The Morgan fingerprint density at radius 3 is 1.37 bits per heavy atom. The van der Waals surface area contributed by atoms with Crippen LogP contribution in [0.3, 0.4) is 0 Å². The lowest BCUT2D eigenvalue weighted by atomic mass is 9.95. The van der Waals surface area contributed by atoms with E-state index in [1.807, 2.05) is 78.9 Å². The molecule has 0 fully saturated rings. The standard InChI is InChI=1S/C46H35N3/c1-33(35-18-6-3-7-19-35)16-12-17-34(2)38-24-13-25-39(30-38)40-26-14-27-41(31-40)42-28-15-29-43(32-42)46-48-44(36-20-8-4-9-21-36)47-45(49-46)37-22-10-5-11-23-37/h3-32H,1H2,2H3/b16-12-,34-17+. The Labute approximate surface area is 288 Å². The van der Waals surface area contributed by atoms with E-state index in [9.17, 15) is 0 Å². The van der Waals surface area contributed by atoms with Gasteiger partial charge in [0.15, 0.2) is 17.5 Å². The van der Waals surface area contributed by atoms with E-state index < -0.39 is 0 Å². The predicted molar refractivity (Wildman–Crippen MR) is 205 cm³/mol. The van der Waals surface area contributed by atoms with E-state index in [4.69, 9.17) is 15.0 Å². The first-order valence-electron chi connectivity index (χ1n) is 16.4. The Hall–Kier alpha value is -6.45. The molecule has 0 aliphatic rings. The van der Waals surface area contributed by atoms with E-state index in [0.29, 0.717) is 17.5 Å². The molecule has 3 heteroatoms. The van der Waals surface area contributed by atoms with Crippen LogP contribution in [0.15, 0.2) is 189 Å². The van der Waals surface area contributed by atoms with Crippen molar-refractivity contribution >= 4 is 11.1 Å². The number of hydrogen-bond acceptors (Lipinski definition) is 3. The zero-order valence-electron chi connectivity index (χ0n) is 27.4. The summed E-state index contributed by atoms with van der Waals surface area (Å²) in [4.78, 5) is 14.7. The third-order valence-electron chi connectivity index (χ3n) is 8.46. The fraction of sp³-hybridized carbons (Fsp3) is 0.0217. The molecular weight excluding hydrogens is 595 g/mol. The first kappa shape index (κ1) is 31.2. The zero-order valence-corrected chi connectivity index (χ0v) is 27.4. The summed E-state index contributed by atoms with van der Waals surface area (Å²) in [7, 11) is 0. The fourth-order valence-corrected chi connectivity index (χ4v) is 5.75. The Kier molecular flexibility index (Phi) is 9.25. The van der Waals surface area contributed by atoms with Crippen molar-refractivity contribution < 1.29 is 0 Å². The van der Waals surface area contributed by atoms with Gasteiger partial charge in [0.2, 0.25) is 0 Å². The molecule has 1 aromatic heterocycles. The van der Waals surface area contributed by atoms with Gasteiger partial charge in [0.05, 0.1) is 0 Å². The van der Waals surface area contributed by atoms with Gasteiger partial charge in [-0.2, -0.15) is 0 Å².